The van der Waals surface area contributed by atoms with Crippen LogP contribution in [0.15, 0.2) is 42.9 Å². The molecule has 1 aliphatic heterocycles. The van der Waals surface area contributed by atoms with Gasteiger partial charge in [0.1, 0.15) is 17.3 Å². The number of likely N-dealkylation sites (tertiary alicyclic amines) is 1. The summed E-state index contributed by atoms with van der Waals surface area (Å²) in [5, 5.41) is 6.57. The molecule has 0 aromatic carbocycles. The molecular weight excluding hydrogens is 408 g/mol. The van der Waals surface area contributed by atoms with E-state index in [1.807, 2.05) is 13.8 Å². The normalized spacial score (nSPS) is 17.3. The Labute approximate surface area is 190 Å². The quantitative estimate of drug-likeness (QED) is 0.658. The Kier molecular flexibility index (Phi) is 4.70. The average molecular weight is 438 g/mol. The number of aryl methyl sites for hydroxylation is 2. The van der Waals surface area contributed by atoms with E-state index in [-0.39, 0.29) is 5.91 Å². The molecule has 3 aromatic rings. The Morgan fingerprint density at radius 1 is 1.31 bits per heavy atom. The molecular formula is C23H26N6O3. The van der Waals surface area contributed by atoms with Crippen molar-refractivity contribution in [3.63, 3.8) is 0 Å². The summed E-state index contributed by atoms with van der Waals surface area (Å²) in [5.74, 6) is 1.05. The maximum absolute atomic E-state index is 12.7. The van der Waals surface area contributed by atoms with Crippen LogP contribution in [0.1, 0.15) is 36.5 Å². The van der Waals surface area contributed by atoms with Crippen molar-refractivity contribution in [3.05, 3.63) is 48.5 Å². The summed E-state index contributed by atoms with van der Waals surface area (Å²) in [7, 11) is 0. The summed E-state index contributed by atoms with van der Waals surface area (Å²) < 4.78 is 29.2. The third-order valence-electron chi connectivity index (χ3n) is 5.36. The van der Waals surface area contributed by atoms with Gasteiger partial charge in [-0.3, -0.25) is 24.7 Å². The van der Waals surface area contributed by atoms with E-state index in [2.05, 4.69) is 20.4 Å². The number of nitrogens with zero attached hydrogens (tertiary/aromatic N) is 5. The van der Waals surface area contributed by atoms with E-state index >= 15 is 0 Å². The number of pyridine rings is 2. The molecule has 32 heavy (non-hydrogen) atoms. The smallest absolute Gasteiger partial charge is 0.329 e. The fourth-order valence-electron chi connectivity index (χ4n) is 3.56. The van der Waals surface area contributed by atoms with E-state index in [1.54, 1.807) is 37.4 Å². The number of hydrogen-bond donors (Lipinski definition) is 1. The Morgan fingerprint density at radius 3 is 2.91 bits per heavy atom. The number of nitrogens with one attached hydrogen (secondary N) is 1. The van der Waals surface area contributed by atoms with Gasteiger partial charge in [-0.2, -0.15) is 5.10 Å². The van der Waals surface area contributed by atoms with Crippen molar-refractivity contribution in [1.82, 2.24) is 24.6 Å². The minimum absolute atomic E-state index is 0.198. The van der Waals surface area contributed by atoms with Crippen LogP contribution in [-0.4, -0.2) is 43.1 Å². The van der Waals surface area contributed by atoms with Crippen LogP contribution < -0.4 is 10.1 Å². The molecule has 9 nitrogen and oxygen atoms in total. The van der Waals surface area contributed by atoms with Crippen LogP contribution in [0.5, 0.6) is 11.5 Å². The zero-order chi connectivity index (χ0) is 25.4. The molecule has 1 aliphatic rings. The van der Waals surface area contributed by atoms with E-state index in [9.17, 15) is 9.59 Å². The van der Waals surface area contributed by atoms with Crippen LogP contribution in [0.2, 0.25) is 0 Å². The Bertz CT molecular complexity index is 1270. The molecule has 3 amide bonds. The van der Waals surface area contributed by atoms with E-state index in [0.717, 1.165) is 17.5 Å². The highest BCUT2D eigenvalue weighted by molar-refractivity contribution is 6.03. The number of anilines is 1. The lowest BCUT2D eigenvalue weighted by Gasteiger charge is -2.35. The number of rotatable bonds is 4. The number of carbonyl (C=O) groups is 2. The fraction of sp³-hybridized carbons (Fsp3) is 0.348. The van der Waals surface area contributed by atoms with Crippen LogP contribution in [-0.2, 0) is 11.8 Å². The van der Waals surface area contributed by atoms with Crippen LogP contribution in [0, 0.1) is 12.3 Å². The first kappa shape index (κ1) is 17.9. The Morgan fingerprint density at radius 2 is 2.16 bits per heavy atom. The summed E-state index contributed by atoms with van der Waals surface area (Å²) in [6, 6.07) is 6.10. The number of ether oxygens (including phenoxy) is 1. The van der Waals surface area contributed by atoms with Crippen LogP contribution in [0.25, 0.3) is 11.3 Å². The van der Waals surface area contributed by atoms with Gasteiger partial charge in [-0.05, 0) is 38.0 Å². The fourth-order valence-corrected chi connectivity index (χ4v) is 3.56. The van der Waals surface area contributed by atoms with Crippen LogP contribution in [0.4, 0.5) is 10.6 Å². The summed E-state index contributed by atoms with van der Waals surface area (Å²) in [5.41, 5.74) is 1.00. The summed E-state index contributed by atoms with van der Waals surface area (Å²) in [4.78, 5) is 35.1. The number of amides is 3. The topological polar surface area (TPSA) is 102 Å². The lowest BCUT2D eigenvalue weighted by molar-refractivity contribution is -0.140. The molecule has 9 heteroatoms. The first-order valence-electron chi connectivity index (χ1n) is 11.7. The average Bonchev–Trinajstić information content (AvgIpc) is 3.29. The first-order chi connectivity index (χ1) is 16.4. The molecule has 0 radical (unpaired) electrons. The van der Waals surface area contributed by atoms with Crippen molar-refractivity contribution < 1.29 is 18.4 Å². The van der Waals surface area contributed by atoms with Gasteiger partial charge in [-0.25, -0.2) is 9.78 Å². The SMILES string of the molecule is [2H]C([2H])([2H])n1cc(-c2cc(Oc3ccc(NC(=O)N4CCCC(C)(C)C4=O)nc3C)ccn2)cn1. The van der Waals surface area contributed by atoms with E-state index in [0.29, 0.717) is 40.8 Å². The molecule has 1 fully saturated rings. The molecule has 166 valence electrons. The van der Waals surface area contributed by atoms with E-state index < -0.39 is 18.4 Å². The predicted molar refractivity (Wildman–Crippen MR) is 119 cm³/mol. The lowest BCUT2D eigenvalue weighted by atomic mass is 9.83. The molecule has 4 heterocycles. The molecule has 0 atom stereocenters. The highest BCUT2D eigenvalue weighted by Gasteiger charge is 2.38. The van der Waals surface area contributed by atoms with Gasteiger partial charge in [0.15, 0.2) is 0 Å². The van der Waals surface area contributed by atoms with E-state index in [1.165, 1.54) is 17.3 Å². The number of aromatic nitrogens is 4. The van der Waals surface area contributed by atoms with Gasteiger partial charge in [0.2, 0.25) is 5.91 Å². The number of piperidine rings is 1. The maximum Gasteiger partial charge on any atom is 0.329 e. The predicted octanol–water partition coefficient (Wildman–Crippen LogP) is 4.16. The van der Waals surface area contributed by atoms with Crippen LogP contribution >= 0.6 is 0 Å². The van der Waals surface area contributed by atoms with E-state index in [4.69, 9.17) is 8.85 Å². The minimum Gasteiger partial charge on any atom is -0.455 e. The number of imide groups is 1. The largest absolute Gasteiger partial charge is 0.455 e. The standard InChI is InChI=1S/C23H26N6O3/c1-15-19(32-17-8-10-24-18(12-17)16-13-25-28(4)14-16)6-7-20(26-15)27-22(31)29-11-5-9-23(2,3)21(29)30/h6-8,10,12-14H,5,9,11H2,1-4H3,(H,26,27,31)/i4D3. The molecule has 0 spiro atoms. The second-order valence-corrected chi connectivity index (χ2v) is 8.31. The molecule has 0 bridgehead atoms. The van der Waals surface area contributed by atoms with Gasteiger partial charge in [-0.1, -0.05) is 13.8 Å². The zero-order valence-electron chi connectivity index (χ0n) is 21.1. The first-order valence-corrected chi connectivity index (χ1v) is 10.2. The van der Waals surface area contributed by atoms with Gasteiger partial charge in [-0.15, -0.1) is 0 Å². The van der Waals surface area contributed by atoms with Crippen LogP contribution in [0.3, 0.4) is 0 Å². The van der Waals surface area contributed by atoms with Crippen molar-refractivity contribution in [2.75, 3.05) is 11.9 Å². The molecule has 1 saturated heterocycles. The second-order valence-electron chi connectivity index (χ2n) is 8.31. The second kappa shape index (κ2) is 8.41. The van der Waals surface area contributed by atoms with Crippen molar-refractivity contribution in [1.29, 1.82) is 0 Å². The van der Waals surface area contributed by atoms with Gasteiger partial charge in [0.25, 0.3) is 0 Å². The number of hydrogen-bond acceptors (Lipinski definition) is 6. The summed E-state index contributed by atoms with van der Waals surface area (Å²) >= 11 is 0. The number of urea groups is 1. The molecule has 0 aliphatic carbocycles. The third kappa shape index (κ3) is 4.46. The lowest BCUT2D eigenvalue weighted by Crippen LogP contribution is -2.50. The Balaban J connectivity index is 1.46. The molecule has 0 unspecified atom stereocenters. The maximum atomic E-state index is 12.7. The minimum atomic E-state index is -2.37. The summed E-state index contributed by atoms with van der Waals surface area (Å²) in [6.45, 7) is 3.43. The molecule has 1 N–H and O–H groups in total. The van der Waals surface area contributed by atoms with Crippen molar-refractivity contribution in [2.45, 2.75) is 33.6 Å². The summed E-state index contributed by atoms with van der Waals surface area (Å²) in [6.07, 6.45) is 5.88. The molecule has 0 saturated carbocycles. The number of carbonyl (C=O) groups excluding carboxylic acids is 2. The third-order valence-corrected chi connectivity index (χ3v) is 5.36. The molecule has 4 rings (SSSR count). The van der Waals surface area contributed by atoms with Gasteiger partial charge >= 0.3 is 6.03 Å². The highest BCUT2D eigenvalue weighted by Crippen LogP contribution is 2.31. The van der Waals surface area contributed by atoms with Gasteiger partial charge in [0.05, 0.1) is 17.6 Å². The van der Waals surface area contributed by atoms with Gasteiger partial charge < -0.3 is 4.74 Å². The van der Waals surface area contributed by atoms with Crippen molar-refractivity contribution >= 4 is 17.8 Å². The van der Waals surface area contributed by atoms with Gasteiger partial charge in [0, 0.05) is 47.1 Å². The monoisotopic (exact) mass is 437 g/mol. The van der Waals surface area contributed by atoms with Crippen molar-refractivity contribution in [3.8, 4) is 22.8 Å². The zero-order valence-corrected chi connectivity index (χ0v) is 18.1. The van der Waals surface area contributed by atoms with Crippen molar-refractivity contribution in [2.24, 2.45) is 12.4 Å². The Hall–Kier alpha value is -3.75. The molecule has 3 aromatic heterocycles. The highest BCUT2D eigenvalue weighted by atomic mass is 16.5.